The summed E-state index contributed by atoms with van der Waals surface area (Å²) in [5, 5.41) is 6.19. The SMILES string of the molecule is CC1CCC(C(=O)Nc2ccnc(C(=O)N3C[C@@H](C)NC[C@H]3C)c2)O1.COc1cccc(F)c1F. The van der Waals surface area contributed by atoms with Crippen LogP contribution >= 0.6 is 0 Å². The molecule has 2 unspecified atom stereocenters. The van der Waals surface area contributed by atoms with Crippen LogP contribution in [0.2, 0.25) is 0 Å². The minimum atomic E-state index is -0.940. The van der Waals surface area contributed by atoms with E-state index >= 15 is 0 Å². The van der Waals surface area contributed by atoms with E-state index < -0.39 is 17.7 Å². The van der Waals surface area contributed by atoms with Gasteiger partial charge in [0.25, 0.3) is 11.8 Å². The fourth-order valence-electron chi connectivity index (χ4n) is 3.94. The maximum atomic E-state index is 12.8. The van der Waals surface area contributed by atoms with Crippen molar-refractivity contribution in [3.8, 4) is 5.75 Å². The fraction of sp³-hybridized carbons (Fsp3) is 0.480. The molecule has 3 heterocycles. The zero-order chi connectivity index (χ0) is 25.5. The maximum Gasteiger partial charge on any atom is 0.272 e. The highest BCUT2D eigenvalue weighted by atomic mass is 19.2. The number of ether oxygens (including phenoxy) is 2. The number of rotatable bonds is 4. The molecule has 4 rings (SSSR count). The van der Waals surface area contributed by atoms with E-state index in [0.29, 0.717) is 17.9 Å². The van der Waals surface area contributed by atoms with E-state index in [0.717, 1.165) is 25.5 Å². The van der Waals surface area contributed by atoms with Crippen molar-refractivity contribution in [2.45, 2.75) is 57.9 Å². The summed E-state index contributed by atoms with van der Waals surface area (Å²) in [6.07, 6.45) is 2.85. The van der Waals surface area contributed by atoms with Gasteiger partial charge >= 0.3 is 0 Å². The summed E-state index contributed by atoms with van der Waals surface area (Å²) >= 11 is 0. The Bertz CT molecular complexity index is 1040. The molecule has 35 heavy (non-hydrogen) atoms. The van der Waals surface area contributed by atoms with Gasteiger partial charge in [-0.1, -0.05) is 6.07 Å². The highest BCUT2D eigenvalue weighted by Crippen LogP contribution is 2.21. The highest BCUT2D eigenvalue weighted by Gasteiger charge is 2.30. The molecule has 190 valence electrons. The molecule has 8 nitrogen and oxygen atoms in total. The number of carbonyl (C=O) groups excluding carboxylic acids is 2. The predicted molar refractivity (Wildman–Crippen MR) is 127 cm³/mol. The van der Waals surface area contributed by atoms with Crippen LogP contribution in [0.4, 0.5) is 14.5 Å². The molecular weight excluding hydrogens is 458 g/mol. The third-order valence-electron chi connectivity index (χ3n) is 5.93. The summed E-state index contributed by atoms with van der Waals surface area (Å²) in [5.41, 5.74) is 0.918. The van der Waals surface area contributed by atoms with Gasteiger partial charge in [0.1, 0.15) is 11.8 Å². The Kier molecular flexibility index (Phi) is 9.11. The number of amides is 2. The van der Waals surface area contributed by atoms with Gasteiger partial charge in [-0.3, -0.25) is 14.6 Å². The van der Waals surface area contributed by atoms with E-state index in [1.165, 1.54) is 19.2 Å². The standard InChI is InChI=1S/C18H26N4O3.C7H6F2O/c1-11-10-22(12(2)9-20-11)18(24)15-8-14(6-7-19-15)21-17(23)16-5-4-13(3)25-16;1-10-6-4-2-3-5(8)7(6)9/h6-8,11-13,16,20H,4-5,9-10H2,1-3H3,(H,19,21,23);2-4H,1H3/t11-,12-,13?,16?;/m1./s1. The van der Waals surface area contributed by atoms with Crippen molar-refractivity contribution in [2.24, 2.45) is 0 Å². The summed E-state index contributed by atoms with van der Waals surface area (Å²) < 4.78 is 34.9. The summed E-state index contributed by atoms with van der Waals surface area (Å²) in [4.78, 5) is 31.1. The number of anilines is 1. The van der Waals surface area contributed by atoms with Gasteiger partial charge < -0.3 is 25.0 Å². The fourth-order valence-corrected chi connectivity index (χ4v) is 3.94. The quantitative estimate of drug-likeness (QED) is 0.683. The summed E-state index contributed by atoms with van der Waals surface area (Å²) in [5.74, 6) is -2.18. The summed E-state index contributed by atoms with van der Waals surface area (Å²) in [6, 6.07) is 7.48. The van der Waals surface area contributed by atoms with Crippen LogP contribution in [0.1, 0.15) is 44.1 Å². The van der Waals surface area contributed by atoms with E-state index in [2.05, 4.69) is 27.3 Å². The molecule has 0 aliphatic carbocycles. The molecule has 2 aliphatic heterocycles. The number of halogens is 2. The third kappa shape index (κ3) is 6.95. The van der Waals surface area contributed by atoms with E-state index in [1.54, 1.807) is 18.3 Å². The number of nitrogens with zero attached hydrogens (tertiary/aromatic N) is 2. The first-order valence-electron chi connectivity index (χ1n) is 11.6. The number of carbonyl (C=O) groups is 2. The van der Waals surface area contributed by atoms with Crippen molar-refractivity contribution in [1.82, 2.24) is 15.2 Å². The van der Waals surface area contributed by atoms with Gasteiger partial charge in [-0.15, -0.1) is 0 Å². The Balaban J connectivity index is 0.000000287. The molecule has 2 N–H and O–H groups in total. The average Bonchev–Trinajstić information content (AvgIpc) is 3.29. The van der Waals surface area contributed by atoms with Gasteiger partial charge in [0.2, 0.25) is 5.82 Å². The van der Waals surface area contributed by atoms with Crippen LogP contribution in [0.25, 0.3) is 0 Å². The number of hydrogen-bond acceptors (Lipinski definition) is 6. The number of piperazine rings is 1. The zero-order valence-corrected chi connectivity index (χ0v) is 20.4. The van der Waals surface area contributed by atoms with Crippen LogP contribution in [-0.2, 0) is 9.53 Å². The Morgan fingerprint density at radius 2 is 1.97 bits per heavy atom. The minimum absolute atomic E-state index is 0.0694. The Morgan fingerprint density at radius 1 is 1.20 bits per heavy atom. The minimum Gasteiger partial charge on any atom is -0.494 e. The molecule has 0 bridgehead atoms. The first-order valence-corrected chi connectivity index (χ1v) is 11.6. The Labute approximate surface area is 204 Å². The van der Waals surface area contributed by atoms with Crippen molar-refractivity contribution in [3.05, 3.63) is 53.9 Å². The molecule has 2 aliphatic rings. The smallest absolute Gasteiger partial charge is 0.272 e. The van der Waals surface area contributed by atoms with Crippen molar-refractivity contribution < 1.29 is 27.8 Å². The Morgan fingerprint density at radius 3 is 2.63 bits per heavy atom. The lowest BCUT2D eigenvalue weighted by Crippen LogP contribution is -2.56. The Hall–Kier alpha value is -3.11. The molecule has 2 fully saturated rings. The van der Waals surface area contributed by atoms with Crippen LogP contribution in [0.5, 0.6) is 5.75 Å². The predicted octanol–water partition coefficient (Wildman–Crippen LogP) is 3.38. The van der Waals surface area contributed by atoms with Crippen molar-refractivity contribution in [1.29, 1.82) is 0 Å². The number of methoxy groups -OCH3 is 1. The molecular formula is C25H32F2N4O4. The third-order valence-corrected chi connectivity index (χ3v) is 5.93. The lowest BCUT2D eigenvalue weighted by atomic mass is 10.1. The molecule has 2 saturated heterocycles. The molecule has 1 aromatic heterocycles. The molecule has 0 saturated carbocycles. The number of aromatic nitrogens is 1. The number of hydrogen-bond donors (Lipinski definition) is 2. The largest absolute Gasteiger partial charge is 0.494 e. The molecule has 0 spiro atoms. The molecule has 4 atom stereocenters. The van der Waals surface area contributed by atoms with Gasteiger partial charge in [-0.25, -0.2) is 4.39 Å². The average molecular weight is 491 g/mol. The van der Waals surface area contributed by atoms with Crippen molar-refractivity contribution in [2.75, 3.05) is 25.5 Å². The van der Waals surface area contributed by atoms with Gasteiger partial charge in [0.15, 0.2) is 11.6 Å². The second-order valence-corrected chi connectivity index (χ2v) is 8.80. The number of pyridine rings is 1. The first-order chi connectivity index (χ1) is 16.7. The first kappa shape index (κ1) is 26.5. The molecule has 2 amide bonds. The van der Waals surface area contributed by atoms with Crippen LogP contribution < -0.4 is 15.4 Å². The van der Waals surface area contributed by atoms with Gasteiger partial charge in [0.05, 0.1) is 13.2 Å². The van der Waals surface area contributed by atoms with Crippen molar-refractivity contribution in [3.63, 3.8) is 0 Å². The maximum absolute atomic E-state index is 12.8. The lowest BCUT2D eigenvalue weighted by molar-refractivity contribution is -0.126. The second-order valence-electron chi connectivity index (χ2n) is 8.80. The van der Waals surface area contributed by atoms with E-state index in [1.807, 2.05) is 18.7 Å². The molecule has 0 radical (unpaired) electrons. The van der Waals surface area contributed by atoms with Crippen LogP contribution in [-0.4, -0.2) is 66.2 Å². The van der Waals surface area contributed by atoms with Crippen LogP contribution in [0.15, 0.2) is 36.5 Å². The second kappa shape index (κ2) is 12.0. The number of benzene rings is 1. The normalized spacial score (nSPS) is 23.8. The van der Waals surface area contributed by atoms with Crippen molar-refractivity contribution >= 4 is 17.5 Å². The van der Waals surface area contributed by atoms with Gasteiger partial charge in [-0.2, -0.15) is 4.39 Å². The van der Waals surface area contributed by atoms with Gasteiger partial charge in [-0.05, 0) is 57.9 Å². The zero-order valence-electron chi connectivity index (χ0n) is 20.4. The van der Waals surface area contributed by atoms with E-state index in [-0.39, 0.29) is 35.8 Å². The summed E-state index contributed by atoms with van der Waals surface area (Å²) in [7, 11) is 1.29. The highest BCUT2D eigenvalue weighted by molar-refractivity contribution is 5.97. The molecule has 2 aromatic rings. The topological polar surface area (TPSA) is 92.8 Å². The summed E-state index contributed by atoms with van der Waals surface area (Å²) in [6.45, 7) is 7.44. The lowest BCUT2D eigenvalue weighted by Gasteiger charge is -2.37. The molecule has 1 aromatic carbocycles. The van der Waals surface area contributed by atoms with E-state index in [4.69, 9.17) is 4.74 Å². The van der Waals surface area contributed by atoms with Crippen LogP contribution in [0.3, 0.4) is 0 Å². The monoisotopic (exact) mass is 490 g/mol. The number of nitrogens with one attached hydrogen (secondary N) is 2. The van der Waals surface area contributed by atoms with Crippen LogP contribution in [0, 0.1) is 11.6 Å². The van der Waals surface area contributed by atoms with E-state index in [9.17, 15) is 18.4 Å². The molecule has 10 heteroatoms. The van der Waals surface area contributed by atoms with Gasteiger partial charge in [0, 0.05) is 37.1 Å².